The number of carbonyl (C=O) groups is 1. The number of amides is 2. The number of nitrogens with one attached hydrogen (secondary N) is 1. The van der Waals surface area contributed by atoms with Gasteiger partial charge in [0.2, 0.25) is 0 Å². The second-order valence-corrected chi connectivity index (χ2v) is 7.21. The zero-order valence-corrected chi connectivity index (χ0v) is 17.3. The molecule has 1 unspecified atom stereocenters. The molecule has 2 aromatic rings. The van der Waals surface area contributed by atoms with Gasteiger partial charge in [-0.05, 0) is 49.3 Å². The second kappa shape index (κ2) is 8.50. The molecule has 0 saturated carbocycles. The maximum atomic E-state index is 12.8. The minimum Gasteiger partial charge on any atom is -0.461 e. The largest absolute Gasteiger partial charge is 0.573 e. The molecule has 3 heterocycles. The van der Waals surface area contributed by atoms with E-state index in [9.17, 15) is 18.0 Å². The Morgan fingerprint density at radius 2 is 1.81 bits per heavy atom. The summed E-state index contributed by atoms with van der Waals surface area (Å²) in [6, 6.07) is 7.27. The zero-order chi connectivity index (χ0) is 22.9. The normalized spacial score (nSPS) is 18.0. The number of aromatic nitrogens is 2. The minimum atomic E-state index is -4.75. The Bertz CT molecular complexity index is 1050. The fourth-order valence-electron chi connectivity index (χ4n) is 3.36. The molecule has 1 N–H and O–H groups in total. The van der Waals surface area contributed by atoms with Crippen molar-refractivity contribution in [2.24, 2.45) is 0 Å². The first-order valence-corrected chi connectivity index (χ1v) is 9.75. The van der Waals surface area contributed by atoms with Gasteiger partial charge in [0, 0.05) is 17.6 Å². The van der Waals surface area contributed by atoms with Crippen molar-refractivity contribution >= 4 is 11.6 Å². The molecule has 1 aromatic heterocycles. The summed E-state index contributed by atoms with van der Waals surface area (Å²) in [5, 5.41) is 1.43. The van der Waals surface area contributed by atoms with Crippen LogP contribution in [0, 0.1) is 13.8 Å². The summed E-state index contributed by atoms with van der Waals surface area (Å²) >= 11 is 0. The molecule has 0 aliphatic carbocycles. The molecule has 0 radical (unpaired) electrons. The van der Waals surface area contributed by atoms with Crippen molar-refractivity contribution in [2.75, 3.05) is 13.2 Å². The third-order valence-electron chi connectivity index (χ3n) is 4.70. The molecule has 1 fully saturated rings. The van der Waals surface area contributed by atoms with Gasteiger partial charge < -0.3 is 9.47 Å². The number of hydrogen-bond acceptors (Lipinski definition) is 6. The monoisotopic (exact) mass is 447 g/mol. The number of hydrogen-bond donors (Lipinski definition) is 1. The SMILES string of the molecule is Cc1cc(C)nc(OCCN2NC3C=CC(c4ccc(OC(F)(F)F)cc4)=CN3C2=O)n1. The number of aryl methyl sites for hydroxylation is 2. The van der Waals surface area contributed by atoms with Crippen LogP contribution in [-0.2, 0) is 0 Å². The first-order chi connectivity index (χ1) is 15.2. The Hall–Kier alpha value is -3.60. The van der Waals surface area contributed by atoms with Crippen LogP contribution in [0.15, 0.2) is 48.7 Å². The number of rotatable bonds is 6. The van der Waals surface area contributed by atoms with Gasteiger partial charge in [-0.1, -0.05) is 18.2 Å². The summed E-state index contributed by atoms with van der Waals surface area (Å²) in [6.45, 7) is 4.15. The van der Waals surface area contributed by atoms with Crippen LogP contribution in [0.3, 0.4) is 0 Å². The maximum absolute atomic E-state index is 12.8. The van der Waals surface area contributed by atoms with Crippen LogP contribution in [0.4, 0.5) is 18.0 Å². The summed E-state index contributed by atoms with van der Waals surface area (Å²) in [5.74, 6) is -0.308. The van der Waals surface area contributed by atoms with E-state index in [1.807, 2.05) is 19.9 Å². The molecule has 8 nitrogen and oxygen atoms in total. The maximum Gasteiger partial charge on any atom is 0.573 e. The predicted molar refractivity (Wildman–Crippen MR) is 108 cm³/mol. The lowest BCUT2D eigenvalue weighted by Crippen LogP contribution is -2.39. The van der Waals surface area contributed by atoms with Crippen LogP contribution in [0.5, 0.6) is 11.8 Å². The molecular weight excluding hydrogens is 427 g/mol. The van der Waals surface area contributed by atoms with Crippen molar-refractivity contribution < 1.29 is 27.4 Å². The van der Waals surface area contributed by atoms with Crippen LogP contribution >= 0.6 is 0 Å². The number of hydrazine groups is 1. The highest BCUT2D eigenvalue weighted by Crippen LogP contribution is 2.28. The smallest absolute Gasteiger partial charge is 0.461 e. The van der Waals surface area contributed by atoms with Crippen LogP contribution < -0.4 is 14.9 Å². The molecule has 1 aromatic carbocycles. The van der Waals surface area contributed by atoms with E-state index >= 15 is 0 Å². The molecule has 11 heteroatoms. The van der Waals surface area contributed by atoms with E-state index < -0.39 is 6.36 Å². The number of alkyl halides is 3. The standard InChI is InChI=1S/C21H20F3N5O3/c1-13-11-14(2)26-19(25-13)31-10-9-29-20(30)28-12-16(5-8-18(28)27-29)15-3-6-17(7-4-15)32-21(22,23)24/h3-8,11-12,18,27H,9-10H2,1-2H3. The van der Waals surface area contributed by atoms with Gasteiger partial charge in [0.15, 0.2) is 0 Å². The number of nitrogens with zero attached hydrogens (tertiary/aromatic N) is 4. The van der Waals surface area contributed by atoms with E-state index in [1.54, 1.807) is 18.4 Å². The molecule has 0 spiro atoms. The highest BCUT2D eigenvalue weighted by atomic mass is 19.4. The minimum absolute atomic E-state index is 0.198. The molecular formula is C21H20F3N5O3. The molecule has 168 valence electrons. The van der Waals surface area contributed by atoms with Crippen LogP contribution in [0.2, 0.25) is 0 Å². The number of fused-ring (bicyclic) bond motifs is 1. The molecule has 2 amide bonds. The first kappa shape index (κ1) is 21.6. The van der Waals surface area contributed by atoms with Crippen molar-refractivity contribution in [1.29, 1.82) is 0 Å². The van der Waals surface area contributed by atoms with E-state index in [0.717, 1.165) is 11.4 Å². The summed E-state index contributed by atoms with van der Waals surface area (Å²) in [4.78, 5) is 22.7. The summed E-state index contributed by atoms with van der Waals surface area (Å²) < 4.78 is 46.4. The van der Waals surface area contributed by atoms with Crippen molar-refractivity contribution in [2.45, 2.75) is 26.4 Å². The number of allylic oxidation sites excluding steroid dienone is 2. The van der Waals surface area contributed by atoms with Gasteiger partial charge in [0.05, 0.1) is 6.54 Å². The topological polar surface area (TPSA) is 79.8 Å². The molecule has 2 aliphatic rings. The van der Waals surface area contributed by atoms with Crippen LogP contribution in [-0.4, -0.2) is 51.6 Å². The lowest BCUT2D eigenvalue weighted by atomic mass is 10.0. The lowest BCUT2D eigenvalue weighted by molar-refractivity contribution is -0.274. The van der Waals surface area contributed by atoms with E-state index in [0.29, 0.717) is 11.1 Å². The highest BCUT2D eigenvalue weighted by Gasteiger charge is 2.36. The van der Waals surface area contributed by atoms with Crippen molar-refractivity contribution in [3.8, 4) is 11.8 Å². The van der Waals surface area contributed by atoms with E-state index in [-0.39, 0.29) is 37.1 Å². The molecule has 1 saturated heterocycles. The predicted octanol–water partition coefficient (Wildman–Crippen LogP) is 3.55. The van der Waals surface area contributed by atoms with Crippen molar-refractivity contribution in [3.63, 3.8) is 0 Å². The van der Waals surface area contributed by atoms with E-state index in [1.165, 1.54) is 34.2 Å². The van der Waals surface area contributed by atoms with Crippen LogP contribution in [0.1, 0.15) is 17.0 Å². The number of carbonyl (C=O) groups excluding carboxylic acids is 1. The Morgan fingerprint density at radius 3 is 2.47 bits per heavy atom. The second-order valence-electron chi connectivity index (χ2n) is 7.21. The van der Waals surface area contributed by atoms with Gasteiger partial charge in [-0.3, -0.25) is 9.91 Å². The number of ether oxygens (including phenoxy) is 2. The van der Waals surface area contributed by atoms with Crippen molar-refractivity contribution in [3.05, 3.63) is 65.6 Å². The number of urea groups is 1. The summed E-state index contributed by atoms with van der Waals surface area (Å²) in [5.41, 5.74) is 5.98. The molecule has 0 bridgehead atoms. The summed E-state index contributed by atoms with van der Waals surface area (Å²) in [6.07, 6.45) is 0.125. The van der Waals surface area contributed by atoms with Gasteiger partial charge in [0.1, 0.15) is 18.5 Å². The molecule has 4 rings (SSSR count). The molecule has 32 heavy (non-hydrogen) atoms. The average Bonchev–Trinajstić information content (AvgIpc) is 3.02. The number of benzene rings is 1. The van der Waals surface area contributed by atoms with Gasteiger partial charge in [-0.25, -0.2) is 20.2 Å². The highest BCUT2D eigenvalue weighted by molar-refractivity contribution is 5.84. The van der Waals surface area contributed by atoms with Gasteiger partial charge in [0.25, 0.3) is 0 Å². The van der Waals surface area contributed by atoms with Crippen LogP contribution in [0.25, 0.3) is 5.57 Å². The quantitative estimate of drug-likeness (QED) is 0.730. The first-order valence-electron chi connectivity index (χ1n) is 9.75. The van der Waals surface area contributed by atoms with E-state index in [2.05, 4.69) is 20.1 Å². The van der Waals surface area contributed by atoms with E-state index in [4.69, 9.17) is 4.74 Å². The third-order valence-corrected chi connectivity index (χ3v) is 4.70. The third kappa shape index (κ3) is 4.99. The Balaban J connectivity index is 1.37. The average molecular weight is 447 g/mol. The summed E-state index contributed by atoms with van der Waals surface area (Å²) in [7, 11) is 0. The molecule has 2 aliphatic heterocycles. The number of halogens is 3. The fraction of sp³-hybridized carbons (Fsp3) is 0.286. The fourth-order valence-corrected chi connectivity index (χ4v) is 3.36. The van der Waals surface area contributed by atoms with Gasteiger partial charge >= 0.3 is 18.4 Å². The van der Waals surface area contributed by atoms with Gasteiger partial charge in [-0.15, -0.1) is 13.2 Å². The van der Waals surface area contributed by atoms with Gasteiger partial charge in [-0.2, -0.15) is 0 Å². The lowest BCUT2D eigenvalue weighted by Gasteiger charge is -2.21. The Kier molecular flexibility index (Phi) is 5.74. The zero-order valence-electron chi connectivity index (χ0n) is 17.3. The Labute approximate surface area is 181 Å². The Morgan fingerprint density at radius 1 is 1.12 bits per heavy atom. The molecule has 1 atom stereocenters. The van der Waals surface area contributed by atoms with Crippen molar-refractivity contribution in [1.82, 2.24) is 25.3 Å².